The van der Waals surface area contributed by atoms with E-state index in [1.165, 1.54) is 7.11 Å². The summed E-state index contributed by atoms with van der Waals surface area (Å²) in [5, 5.41) is 11.2. The minimum atomic E-state index is -2.04. The van der Waals surface area contributed by atoms with Crippen molar-refractivity contribution in [2.45, 2.75) is 83.8 Å². The average Bonchev–Trinajstić information content (AvgIpc) is 3.40. The fourth-order valence-corrected chi connectivity index (χ4v) is 8.54. The van der Waals surface area contributed by atoms with E-state index in [2.05, 4.69) is 13.8 Å². The van der Waals surface area contributed by atoms with E-state index in [0.717, 1.165) is 38.5 Å². The average molecular weight is 431 g/mol. The van der Waals surface area contributed by atoms with Crippen molar-refractivity contribution >= 4 is 5.78 Å². The predicted molar refractivity (Wildman–Crippen MR) is 121 cm³/mol. The number of fused-ring (bicyclic) bond motifs is 5. The van der Waals surface area contributed by atoms with Crippen molar-refractivity contribution in [3.63, 3.8) is 0 Å². The van der Waals surface area contributed by atoms with Gasteiger partial charge in [-0.3, -0.25) is 4.79 Å². The van der Waals surface area contributed by atoms with Gasteiger partial charge in [-0.1, -0.05) is 13.8 Å². The van der Waals surface area contributed by atoms with Crippen LogP contribution in [-0.2, 0) is 16.1 Å². The van der Waals surface area contributed by atoms with Crippen molar-refractivity contribution < 1.29 is 18.8 Å². The Kier molecular flexibility index (Phi) is 4.57. The molecule has 0 unspecified atom stereocenters. The smallest absolute Gasteiger partial charge is 0.156 e. The summed E-state index contributed by atoms with van der Waals surface area (Å²) >= 11 is 0. The molecule has 0 bridgehead atoms. The highest BCUT2D eigenvalue weighted by atomic mass is 16.5. The molecule has 1 aromatic heterocycles. The van der Waals surface area contributed by atoms with Gasteiger partial charge in [-0.05, 0) is 104 Å². The first-order chi connectivity index (χ1) is 15.9. The lowest BCUT2D eigenvalue weighted by molar-refractivity contribution is -0.164. The van der Waals surface area contributed by atoms with E-state index < -0.39 is 18.1 Å². The Morgan fingerprint density at radius 3 is 2.58 bits per heavy atom. The van der Waals surface area contributed by atoms with Crippen LogP contribution in [0.3, 0.4) is 0 Å². The maximum Gasteiger partial charge on any atom is 0.156 e. The Morgan fingerprint density at radius 2 is 1.84 bits per heavy atom. The topological polar surface area (TPSA) is 51.5 Å². The van der Waals surface area contributed by atoms with Gasteiger partial charge in [-0.25, -0.2) is 0 Å². The van der Waals surface area contributed by atoms with Crippen LogP contribution in [0.4, 0.5) is 0 Å². The van der Waals surface area contributed by atoms with Crippen molar-refractivity contribution in [2.75, 3.05) is 13.7 Å². The molecule has 0 saturated heterocycles. The van der Waals surface area contributed by atoms with Crippen molar-refractivity contribution in [2.24, 2.45) is 40.4 Å². The van der Waals surface area contributed by atoms with E-state index >= 15 is 0 Å². The van der Waals surface area contributed by atoms with Gasteiger partial charge in [0.2, 0.25) is 0 Å². The Bertz CT molecular complexity index is 938. The van der Waals surface area contributed by atoms with Gasteiger partial charge in [0.05, 0.1) is 21.4 Å². The zero-order valence-electron chi connectivity index (χ0n) is 22.4. The van der Waals surface area contributed by atoms with Gasteiger partial charge in [0.25, 0.3) is 0 Å². The third-order valence-electron chi connectivity index (χ3n) is 10.1. The van der Waals surface area contributed by atoms with Crippen LogP contribution in [0.25, 0.3) is 0 Å². The number of nitrogens with zero attached hydrogens (tertiary/aromatic N) is 1. The highest BCUT2D eigenvalue weighted by Crippen LogP contribution is 2.68. The number of aromatic nitrogens is 1. The standard InChI is InChI=1S/C27H41NO3/c1-25-12-13-27(30,18-31-3)16-19(25)6-7-20-21-8-9-23(26(21,2)11-10-22(20)25)24(29)17-28-14-4-5-15-28/h4-5,14-15,19-23,30H,6-13,16-18H2,1-3H3/t19-,20-,21-,22-,23+,25-,26-,27+/m0/s1/i18D2,23D. The molecule has 0 amide bonds. The molecule has 5 rings (SSSR count). The molecule has 4 aliphatic carbocycles. The number of ether oxygens (including phenoxy) is 1. The fourth-order valence-electron chi connectivity index (χ4n) is 8.54. The molecule has 4 heteroatoms. The predicted octanol–water partition coefficient (Wildman–Crippen LogP) is 5.09. The molecule has 172 valence electrons. The first kappa shape index (κ1) is 18.3. The molecule has 4 fully saturated rings. The van der Waals surface area contributed by atoms with Crippen LogP contribution in [-0.4, -0.2) is 34.7 Å². The molecule has 1 heterocycles. The zero-order chi connectivity index (χ0) is 24.6. The van der Waals surface area contributed by atoms with Crippen molar-refractivity contribution in [3.05, 3.63) is 24.5 Å². The maximum absolute atomic E-state index is 13.5. The number of hydrogen-bond acceptors (Lipinski definition) is 3. The molecule has 0 aromatic carbocycles. The van der Waals surface area contributed by atoms with Crippen molar-refractivity contribution in [1.82, 2.24) is 4.57 Å². The van der Waals surface area contributed by atoms with Gasteiger partial charge in [0, 0.05) is 26.8 Å². The number of ketones is 1. The van der Waals surface area contributed by atoms with E-state index in [0.29, 0.717) is 37.0 Å². The molecule has 0 radical (unpaired) electrons. The largest absolute Gasteiger partial charge is 0.387 e. The summed E-state index contributed by atoms with van der Waals surface area (Å²) in [4.78, 5) is 13.5. The number of hydrogen-bond donors (Lipinski definition) is 1. The molecule has 0 aliphatic heterocycles. The number of aliphatic hydroxyl groups is 1. The lowest BCUT2D eigenvalue weighted by Crippen LogP contribution is -2.56. The van der Waals surface area contributed by atoms with E-state index in [-0.39, 0.29) is 29.1 Å². The minimum absolute atomic E-state index is 0.0524. The van der Waals surface area contributed by atoms with Crippen LogP contribution >= 0.6 is 0 Å². The quantitative estimate of drug-likeness (QED) is 0.708. The number of carbonyl (C=O) groups excluding carboxylic acids is 1. The third kappa shape index (κ3) is 3.44. The van der Waals surface area contributed by atoms with E-state index in [4.69, 9.17) is 7.48 Å². The number of rotatable bonds is 5. The molecule has 4 aliphatic rings. The van der Waals surface area contributed by atoms with Crippen LogP contribution in [0.1, 0.15) is 75.7 Å². The van der Waals surface area contributed by atoms with Crippen LogP contribution in [0.15, 0.2) is 24.5 Å². The molecule has 8 atom stereocenters. The summed E-state index contributed by atoms with van der Waals surface area (Å²) in [7, 11) is 1.34. The molecular formula is C27H41NO3. The number of carbonyl (C=O) groups is 1. The number of Topliss-reactive ketones (excluding diaryl/α,β-unsaturated/α-hetero) is 1. The SMILES string of the molecule is [2H]C([2H])(OC)[C@@]1(O)CC[C@@]2(C)[C@@H](CC[C@@H]3[C@@H]2CC[C@@]2(C)[C@H]3CC[C@]2([2H])C(=O)Cn2cccc2)C1. The Labute approximate surface area is 192 Å². The summed E-state index contributed by atoms with van der Waals surface area (Å²) in [6.45, 7) is 2.85. The minimum Gasteiger partial charge on any atom is -0.387 e. The molecule has 4 nitrogen and oxygen atoms in total. The Morgan fingerprint density at radius 1 is 1.10 bits per heavy atom. The fraction of sp³-hybridized carbons (Fsp3) is 0.815. The first-order valence-corrected chi connectivity index (χ1v) is 12.3. The van der Waals surface area contributed by atoms with E-state index in [1.54, 1.807) is 0 Å². The highest BCUT2D eigenvalue weighted by molar-refractivity contribution is 5.82. The highest BCUT2D eigenvalue weighted by Gasteiger charge is 2.62. The van der Waals surface area contributed by atoms with Crippen LogP contribution in [0.5, 0.6) is 0 Å². The van der Waals surface area contributed by atoms with Gasteiger partial charge >= 0.3 is 0 Å². The van der Waals surface area contributed by atoms with Crippen molar-refractivity contribution in [1.29, 1.82) is 0 Å². The second-order valence-corrected chi connectivity index (χ2v) is 11.5. The van der Waals surface area contributed by atoms with Gasteiger partial charge in [-0.2, -0.15) is 0 Å². The second kappa shape index (κ2) is 7.73. The van der Waals surface area contributed by atoms with E-state index in [9.17, 15) is 11.3 Å². The van der Waals surface area contributed by atoms with Gasteiger partial charge in [0.15, 0.2) is 5.78 Å². The zero-order valence-corrected chi connectivity index (χ0v) is 19.4. The summed E-state index contributed by atoms with van der Waals surface area (Å²) < 4.78 is 32.9. The van der Waals surface area contributed by atoms with Gasteiger partial charge in [-0.15, -0.1) is 0 Å². The Balaban J connectivity index is 1.37. The van der Waals surface area contributed by atoms with Crippen LogP contribution in [0.2, 0.25) is 0 Å². The molecule has 31 heavy (non-hydrogen) atoms. The van der Waals surface area contributed by atoms with Crippen molar-refractivity contribution in [3.8, 4) is 0 Å². The monoisotopic (exact) mass is 430 g/mol. The first-order valence-electron chi connectivity index (χ1n) is 13.8. The normalized spacial score (nSPS) is 51.0. The van der Waals surface area contributed by atoms with Gasteiger partial charge < -0.3 is 14.4 Å². The Hall–Kier alpha value is -1.13. The second-order valence-electron chi connectivity index (χ2n) is 11.5. The summed E-state index contributed by atoms with van der Waals surface area (Å²) in [5.74, 6) is 0.727. The lowest BCUT2D eigenvalue weighted by Gasteiger charge is -2.62. The third-order valence-corrected chi connectivity index (χ3v) is 10.1. The summed E-state index contributed by atoms with van der Waals surface area (Å²) in [5.41, 5.74) is -1.65. The summed E-state index contributed by atoms with van der Waals surface area (Å²) in [6.07, 6.45) is 11.1. The van der Waals surface area contributed by atoms with E-state index in [1.807, 2.05) is 29.1 Å². The van der Waals surface area contributed by atoms with Crippen LogP contribution in [0, 0.1) is 40.4 Å². The van der Waals surface area contributed by atoms with Gasteiger partial charge in [0.1, 0.15) is 0 Å². The molecule has 1 N–H and O–H groups in total. The number of methoxy groups -OCH3 is 1. The summed E-state index contributed by atoms with van der Waals surface area (Å²) in [6, 6.07) is 3.85. The molecular weight excluding hydrogens is 386 g/mol. The molecule has 1 aromatic rings. The molecule has 4 saturated carbocycles. The maximum atomic E-state index is 13.5. The van der Waals surface area contributed by atoms with Crippen LogP contribution < -0.4 is 0 Å². The lowest BCUT2D eigenvalue weighted by atomic mass is 9.44. The molecule has 0 spiro atoms.